The van der Waals surface area contributed by atoms with Gasteiger partial charge in [0.2, 0.25) is 0 Å². The van der Waals surface area contributed by atoms with Gasteiger partial charge in [0, 0.05) is 6.42 Å². The molecule has 1 aromatic carbocycles. The molecule has 0 heterocycles. The van der Waals surface area contributed by atoms with Crippen LogP contribution in [0.2, 0.25) is 0 Å². The second-order valence-corrected chi connectivity index (χ2v) is 4.44. The molecule has 1 aliphatic rings. The van der Waals surface area contributed by atoms with Crippen LogP contribution in [0.15, 0.2) is 18.2 Å². The summed E-state index contributed by atoms with van der Waals surface area (Å²) in [6.45, 7) is 0.496. The van der Waals surface area contributed by atoms with E-state index >= 15 is 0 Å². The number of carbonyl (C=O) groups is 1. The summed E-state index contributed by atoms with van der Waals surface area (Å²) in [6.07, 6.45) is 2.39. The Balaban J connectivity index is 1.82. The fourth-order valence-corrected chi connectivity index (χ4v) is 2.17. The van der Waals surface area contributed by atoms with Crippen LogP contribution in [0.25, 0.3) is 0 Å². The number of esters is 1. The lowest BCUT2D eigenvalue weighted by atomic mass is 10.1. The number of fused-ring (bicyclic) bond motifs is 1. The standard InChI is InChI=1S/C14H18O4/c1-17-14(16)3-2-8-18-11-5-6-12-10(9-11)4-7-13(12)15/h5-6,9,13,15H,2-4,7-8H2,1H3/t13-/m1/s1. The van der Waals surface area contributed by atoms with Gasteiger partial charge in [-0.15, -0.1) is 0 Å². The number of aliphatic hydroxyl groups excluding tert-OH is 1. The summed E-state index contributed by atoms with van der Waals surface area (Å²) in [5, 5.41) is 9.68. The minimum Gasteiger partial charge on any atom is -0.494 e. The van der Waals surface area contributed by atoms with Crippen LogP contribution >= 0.6 is 0 Å². The fourth-order valence-electron chi connectivity index (χ4n) is 2.17. The zero-order valence-electron chi connectivity index (χ0n) is 10.5. The van der Waals surface area contributed by atoms with Crippen LogP contribution < -0.4 is 4.74 Å². The molecular weight excluding hydrogens is 232 g/mol. The number of carbonyl (C=O) groups excluding carboxylic acids is 1. The maximum absolute atomic E-state index is 10.9. The molecule has 0 spiro atoms. The van der Waals surface area contributed by atoms with E-state index in [0.717, 1.165) is 29.7 Å². The molecule has 0 radical (unpaired) electrons. The summed E-state index contributed by atoms with van der Waals surface area (Å²) in [5.74, 6) is 0.586. The third kappa shape index (κ3) is 3.01. The van der Waals surface area contributed by atoms with Crippen LogP contribution in [0.4, 0.5) is 0 Å². The molecule has 0 fully saturated rings. The van der Waals surface area contributed by atoms with Crippen LogP contribution in [0, 0.1) is 0 Å². The van der Waals surface area contributed by atoms with Gasteiger partial charge in [-0.2, -0.15) is 0 Å². The van der Waals surface area contributed by atoms with Crippen LogP contribution in [0.5, 0.6) is 5.75 Å². The summed E-state index contributed by atoms with van der Waals surface area (Å²) in [4.78, 5) is 10.9. The van der Waals surface area contributed by atoms with Crippen molar-refractivity contribution in [3.63, 3.8) is 0 Å². The van der Waals surface area contributed by atoms with E-state index in [1.807, 2.05) is 18.2 Å². The zero-order valence-corrected chi connectivity index (χ0v) is 10.5. The first-order chi connectivity index (χ1) is 8.70. The van der Waals surface area contributed by atoms with E-state index in [0.29, 0.717) is 19.4 Å². The van der Waals surface area contributed by atoms with Crippen LogP contribution in [0.1, 0.15) is 36.5 Å². The molecule has 1 N–H and O–H groups in total. The summed E-state index contributed by atoms with van der Waals surface area (Å²) >= 11 is 0. The molecule has 4 nitrogen and oxygen atoms in total. The lowest BCUT2D eigenvalue weighted by Gasteiger charge is -2.08. The van der Waals surface area contributed by atoms with Gasteiger partial charge < -0.3 is 14.6 Å². The van der Waals surface area contributed by atoms with Gasteiger partial charge in [0.1, 0.15) is 5.75 Å². The summed E-state index contributed by atoms with van der Waals surface area (Å²) < 4.78 is 10.1. The molecular formula is C14H18O4. The quantitative estimate of drug-likeness (QED) is 0.641. The van der Waals surface area contributed by atoms with E-state index in [-0.39, 0.29) is 12.1 Å². The van der Waals surface area contributed by atoms with Crippen molar-refractivity contribution in [2.75, 3.05) is 13.7 Å². The third-order valence-electron chi connectivity index (χ3n) is 3.18. The average Bonchev–Trinajstić information content (AvgIpc) is 2.76. The Morgan fingerprint density at radius 3 is 3.11 bits per heavy atom. The predicted octanol–water partition coefficient (Wildman–Crippen LogP) is 2.00. The highest BCUT2D eigenvalue weighted by Crippen LogP contribution is 2.33. The van der Waals surface area contributed by atoms with E-state index in [1.165, 1.54) is 7.11 Å². The molecule has 0 aromatic heterocycles. The van der Waals surface area contributed by atoms with Crippen LogP contribution in [-0.4, -0.2) is 24.8 Å². The number of benzene rings is 1. The van der Waals surface area contributed by atoms with Crippen molar-refractivity contribution in [2.45, 2.75) is 31.8 Å². The first-order valence-corrected chi connectivity index (χ1v) is 6.21. The van der Waals surface area contributed by atoms with Gasteiger partial charge in [0.25, 0.3) is 0 Å². The normalized spacial score (nSPS) is 17.3. The maximum Gasteiger partial charge on any atom is 0.305 e. The van der Waals surface area contributed by atoms with Crippen molar-refractivity contribution in [3.8, 4) is 5.75 Å². The Labute approximate surface area is 107 Å². The predicted molar refractivity (Wildman–Crippen MR) is 66.5 cm³/mol. The first kappa shape index (κ1) is 12.9. The molecule has 18 heavy (non-hydrogen) atoms. The third-order valence-corrected chi connectivity index (χ3v) is 3.18. The van der Waals surface area contributed by atoms with Gasteiger partial charge in [-0.3, -0.25) is 4.79 Å². The highest BCUT2D eigenvalue weighted by molar-refractivity contribution is 5.69. The molecule has 1 atom stereocenters. The van der Waals surface area contributed by atoms with E-state index in [4.69, 9.17) is 4.74 Å². The monoisotopic (exact) mass is 250 g/mol. The van der Waals surface area contributed by atoms with Crippen molar-refractivity contribution in [2.24, 2.45) is 0 Å². The Hall–Kier alpha value is -1.55. The highest BCUT2D eigenvalue weighted by Gasteiger charge is 2.20. The molecule has 0 saturated carbocycles. The maximum atomic E-state index is 10.9. The fraction of sp³-hybridized carbons (Fsp3) is 0.500. The number of aryl methyl sites for hydroxylation is 1. The Morgan fingerprint density at radius 2 is 2.33 bits per heavy atom. The Kier molecular flexibility index (Phi) is 4.20. The molecule has 0 bridgehead atoms. The lowest BCUT2D eigenvalue weighted by Crippen LogP contribution is -2.04. The molecule has 0 amide bonds. The molecule has 0 saturated heterocycles. The molecule has 0 unspecified atom stereocenters. The topological polar surface area (TPSA) is 55.8 Å². The second kappa shape index (κ2) is 5.87. The molecule has 2 rings (SSSR count). The SMILES string of the molecule is COC(=O)CCCOc1ccc2c(c1)CC[C@H]2O. The number of hydrogen-bond acceptors (Lipinski definition) is 4. The molecule has 98 valence electrons. The minimum atomic E-state index is -0.326. The van der Waals surface area contributed by atoms with E-state index in [1.54, 1.807) is 0 Å². The van der Waals surface area contributed by atoms with E-state index in [2.05, 4.69) is 4.74 Å². The Morgan fingerprint density at radius 1 is 1.50 bits per heavy atom. The second-order valence-electron chi connectivity index (χ2n) is 4.44. The van der Waals surface area contributed by atoms with Gasteiger partial charge in [0.15, 0.2) is 0 Å². The van der Waals surface area contributed by atoms with Gasteiger partial charge in [-0.1, -0.05) is 6.07 Å². The van der Waals surface area contributed by atoms with Gasteiger partial charge in [0.05, 0.1) is 19.8 Å². The van der Waals surface area contributed by atoms with Gasteiger partial charge in [-0.05, 0) is 42.5 Å². The van der Waals surface area contributed by atoms with E-state index < -0.39 is 0 Å². The van der Waals surface area contributed by atoms with Crippen LogP contribution in [0.3, 0.4) is 0 Å². The number of aliphatic hydroxyl groups is 1. The van der Waals surface area contributed by atoms with Gasteiger partial charge >= 0.3 is 5.97 Å². The average molecular weight is 250 g/mol. The van der Waals surface area contributed by atoms with Crippen LogP contribution in [-0.2, 0) is 16.0 Å². The number of ether oxygens (including phenoxy) is 2. The van der Waals surface area contributed by atoms with Gasteiger partial charge in [-0.25, -0.2) is 0 Å². The molecule has 0 aliphatic heterocycles. The first-order valence-electron chi connectivity index (χ1n) is 6.21. The highest BCUT2D eigenvalue weighted by atomic mass is 16.5. The summed E-state index contributed by atoms with van der Waals surface area (Å²) in [5.41, 5.74) is 2.17. The number of rotatable bonds is 5. The van der Waals surface area contributed by atoms with Crippen molar-refractivity contribution < 1.29 is 19.4 Å². The molecule has 1 aromatic rings. The molecule has 4 heteroatoms. The zero-order chi connectivity index (χ0) is 13.0. The van der Waals surface area contributed by atoms with Crippen molar-refractivity contribution in [3.05, 3.63) is 29.3 Å². The lowest BCUT2D eigenvalue weighted by molar-refractivity contribution is -0.140. The van der Waals surface area contributed by atoms with Crippen molar-refractivity contribution >= 4 is 5.97 Å². The number of hydrogen-bond donors (Lipinski definition) is 1. The van der Waals surface area contributed by atoms with Crippen molar-refractivity contribution in [1.29, 1.82) is 0 Å². The largest absolute Gasteiger partial charge is 0.494 e. The molecule has 1 aliphatic carbocycles. The van der Waals surface area contributed by atoms with E-state index in [9.17, 15) is 9.90 Å². The minimum absolute atomic E-state index is 0.212. The smallest absolute Gasteiger partial charge is 0.305 e. The summed E-state index contributed by atoms with van der Waals surface area (Å²) in [7, 11) is 1.38. The number of methoxy groups -OCH3 is 1. The Bertz CT molecular complexity index is 428. The summed E-state index contributed by atoms with van der Waals surface area (Å²) in [6, 6.07) is 5.76. The van der Waals surface area contributed by atoms with Crippen molar-refractivity contribution in [1.82, 2.24) is 0 Å².